The van der Waals surface area contributed by atoms with Crippen LogP contribution in [0.2, 0.25) is 0 Å². The van der Waals surface area contributed by atoms with E-state index in [-0.39, 0.29) is 5.91 Å². The van der Waals surface area contributed by atoms with Crippen LogP contribution in [-0.2, 0) is 7.05 Å². The molecule has 1 aromatic rings. The molecule has 1 N–H and O–H groups in total. The van der Waals surface area contributed by atoms with E-state index in [1.54, 1.807) is 22.5 Å². The third kappa shape index (κ3) is 2.77. The minimum Gasteiger partial charge on any atom is -0.350 e. The third-order valence-corrected chi connectivity index (χ3v) is 2.55. The van der Waals surface area contributed by atoms with Crippen molar-refractivity contribution >= 4 is 17.7 Å². The van der Waals surface area contributed by atoms with Crippen molar-refractivity contribution in [3.05, 3.63) is 17.5 Å². The van der Waals surface area contributed by atoms with Gasteiger partial charge in [0.2, 0.25) is 0 Å². The molecule has 0 bridgehead atoms. The summed E-state index contributed by atoms with van der Waals surface area (Å²) in [6.45, 7) is 2.61. The van der Waals surface area contributed by atoms with Crippen LogP contribution in [0.25, 0.3) is 0 Å². The van der Waals surface area contributed by atoms with E-state index in [1.165, 1.54) is 0 Å². The van der Waals surface area contributed by atoms with Crippen molar-refractivity contribution in [1.29, 1.82) is 0 Å². The van der Waals surface area contributed by atoms with Crippen LogP contribution in [0.4, 0.5) is 0 Å². The summed E-state index contributed by atoms with van der Waals surface area (Å²) in [5, 5.41) is 6.89. The number of hydrogen-bond acceptors (Lipinski definition) is 3. The second kappa shape index (κ2) is 5.05. The Labute approximate surface area is 88.1 Å². The van der Waals surface area contributed by atoms with E-state index in [4.69, 9.17) is 0 Å². The summed E-state index contributed by atoms with van der Waals surface area (Å²) >= 11 is 1.71. The number of carbonyl (C=O) groups is 1. The monoisotopic (exact) mass is 213 g/mol. The molecular weight excluding hydrogens is 198 g/mol. The van der Waals surface area contributed by atoms with Gasteiger partial charge in [-0.3, -0.25) is 9.48 Å². The van der Waals surface area contributed by atoms with Crippen LogP contribution in [-0.4, -0.2) is 34.2 Å². The van der Waals surface area contributed by atoms with Gasteiger partial charge in [0.15, 0.2) is 0 Å². The Morgan fingerprint density at radius 2 is 2.43 bits per heavy atom. The Bertz CT molecular complexity index is 302. The largest absolute Gasteiger partial charge is 0.350 e. The van der Waals surface area contributed by atoms with Crippen LogP contribution >= 0.6 is 11.8 Å². The average molecular weight is 213 g/mol. The average Bonchev–Trinajstić information content (AvgIpc) is 2.47. The summed E-state index contributed by atoms with van der Waals surface area (Å²) in [5.74, 6) is 0.833. The van der Waals surface area contributed by atoms with Gasteiger partial charge in [-0.2, -0.15) is 16.9 Å². The van der Waals surface area contributed by atoms with Crippen molar-refractivity contribution < 1.29 is 4.79 Å². The van der Waals surface area contributed by atoms with E-state index >= 15 is 0 Å². The lowest BCUT2D eigenvalue weighted by Gasteiger charge is -2.00. The number of thioether (sulfide) groups is 1. The van der Waals surface area contributed by atoms with Crippen LogP contribution in [0.15, 0.2) is 6.07 Å². The van der Waals surface area contributed by atoms with Gasteiger partial charge < -0.3 is 5.32 Å². The number of nitrogens with zero attached hydrogens (tertiary/aromatic N) is 2. The molecule has 0 unspecified atom stereocenters. The van der Waals surface area contributed by atoms with Gasteiger partial charge in [-0.15, -0.1) is 0 Å². The zero-order valence-corrected chi connectivity index (χ0v) is 9.52. The maximum absolute atomic E-state index is 11.5. The van der Waals surface area contributed by atoms with Crippen LogP contribution in [0, 0.1) is 6.92 Å². The highest BCUT2D eigenvalue weighted by molar-refractivity contribution is 7.98. The number of aromatic nitrogens is 2. The Morgan fingerprint density at radius 1 is 1.71 bits per heavy atom. The number of rotatable bonds is 4. The molecule has 0 spiro atoms. The Kier molecular flexibility index (Phi) is 4.00. The molecule has 0 aromatic carbocycles. The molecule has 0 saturated carbocycles. The number of aryl methyl sites for hydroxylation is 2. The minimum absolute atomic E-state index is 0.0947. The predicted octanol–water partition coefficient (Wildman–Crippen LogP) is 0.821. The van der Waals surface area contributed by atoms with Crippen molar-refractivity contribution in [3.63, 3.8) is 0 Å². The Hall–Kier alpha value is -0.970. The number of amides is 1. The summed E-state index contributed by atoms with van der Waals surface area (Å²) in [6, 6.07) is 1.79. The van der Waals surface area contributed by atoms with E-state index in [1.807, 2.05) is 20.2 Å². The molecule has 0 aliphatic carbocycles. The molecule has 0 aliphatic rings. The fourth-order valence-electron chi connectivity index (χ4n) is 1.03. The minimum atomic E-state index is -0.0947. The molecule has 5 heteroatoms. The van der Waals surface area contributed by atoms with Gasteiger partial charge in [0.25, 0.3) is 5.91 Å². The first-order chi connectivity index (χ1) is 6.65. The standard InChI is InChI=1S/C9H15N3OS/c1-7-6-8(11-12(7)2)9(13)10-4-5-14-3/h6H,4-5H2,1-3H3,(H,10,13). The van der Waals surface area contributed by atoms with E-state index in [2.05, 4.69) is 10.4 Å². The molecule has 1 heterocycles. The van der Waals surface area contributed by atoms with Crippen molar-refractivity contribution in [2.75, 3.05) is 18.6 Å². The molecule has 78 valence electrons. The first-order valence-corrected chi connectivity index (χ1v) is 5.82. The highest BCUT2D eigenvalue weighted by Gasteiger charge is 2.09. The molecule has 0 radical (unpaired) electrons. The van der Waals surface area contributed by atoms with Gasteiger partial charge in [0.05, 0.1) is 0 Å². The highest BCUT2D eigenvalue weighted by Crippen LogP contribution is 2.00. The Balaban J connectivity index is 2.52. The van der Waals surface area contributed by atoms with E-state index < -0.39 is 0 Å². The highest BCUT2D eigenvalue weighted by atomic mass is 32.2. The molecule has 1 amide bonds. The number of carbonyl (C=O) groups excluding carboxylic acids is 1. The second-order valence-electron chi connectivity index (χ2n) is 3.04. The lowest BCUT2D eigenvalue weighted by atomic mass is 10.3. The van der Waals surface area contributed by atoms with Gasteiger partial charge in [-0.25, -0.2) is 0 Å². The topological polar surface area (TPSA) is 46.9 Å². The first kappa shape index (κ1) is 11.1. The molecule has 0 saturated heterocycles. The molecule has 0 atom stereocenters. The summed E-state index contributed by atoms with van der Waals surface area (Å²) in [5.41, 5.74) is 1.48. The molecule has 1 rings (SSSR count). The summed E-state index contributed by atoms with van der Waals surface area (Å²) in [6.07, 6.45) is 2.01. The van der Waals surface area contributed by atoms with Crippen molar-refractivity contribution in [3.8, 4) is 0 Å². The maximum atomic E-state index is 11.5. The van der Waals surface area contributed by atoms with E-state index in [0.29, 0.717) is 12.2 Å². The zero-order chi connectivity index (χ0) is 10.6. The molecule has 1 aromatic heterocycles. The van der Waals surface area contributed by atoms with E-state index in [9.17, 15) is 4.79 Å². The van der Waals surface area contributed by atoms with Gasteiger partial charge in [-0.05, 0) is 19.2 Å². The fourth-order valence-corrected chi connectivity index (χ4v) is 1.33. The maximum Gasteiger partial charge on any atom is 0.271 e. The number of nitrogens with one attached hydrogen (secondary N) is 1. The molecule has 0 aliphatic heterocycles. The van der Waals surface area contributed by atoms with Crippen LogP contribution < -0.4 is 5.32 Å². The lowest BCUT2D eigenvalue weighted by molar-refractivity contribution is 0.0950. The molecule has 14 heavy (non-hydrogen) atoms. The van der Waals surface area contributed by atoms with Gasteiger partial charge in [0.1, 0.15) is 5.69 Å². The Morgan fingerprint density at radius 3 is 2.93 bits per heavy atom. The first-order valence-electron chi connectivity index (χ1n) is 4.43. The van der Waals surface area contributed by atoms with Crippen molar-refractivity contribution in [2.45, 2.75) is 6.92 Å². The van der Waals surface area contributed by atoms with Gasteiger partial charge in [-0.1, -0.05) is 0 Å². The smallest absolute Gasteiger partial charge is 0.271 e. The molecule has 0 fully saturated rings. The van der Waals surface area contributed by atoms with E-state index in [0.717, 1.165) is 11.4 Å². The van der Waals surface area contributed by atoms with Gasteiger partial charge >= 0.3 is 0 Å². The van der Waals surface area contributed by atoms with Gasteiger partial charge in [0, 0.05) is 25.0 Å². The molecule has 4 nitrogen and oxygen atoms in total. The second-order valence-corrected chi connectivity index (χ2v) is 4.03. The fraction of sp³-hybridized carbons (Fsp3) is 0.556. The normalized spacial score (nSPS) is 10.2. The quantitative estimate of drug-likeness (QED) is 0.753. The lowest BCUT2D eigenvalue weighted by Crippen LogP contribution is -2.26. The zero-order valence-electron chi connectivity index (χ0n) is 8.70. The number of hydrogen-bond donors (Lipinski definition) is 1. The van der Waals surface area contributed by atoms with Crippen molar-refractivity contribution in [2.24, 2.45) is 7.05 Å². The van der Waals surface area contributed by atoms with Crippen molar-refractivity contribution in [1.82, 2.24) is 15.1 Å². The summed E-state index contributed by atoms with van der Waals surface area (Å²) < 4.78 is 1.70. The van der Waals surface area contributed by atoms with Crippen LogP contribution in [0.5, 0.6) is 0 Å². The summed E-state index contributed by atoms with van der Waals surface area (Å²) in [7, 11) is 1.83. The van der Waals surface area contributed by atoms with Crippen LogP contribution in [0.3, 0.4) is 0 Å². The predicted molar refractivity (Wildman–Crippen MR) is 58.7 cm³/mol. The molecular formula is C9H15N3OS. The van der Waals surface area contributed by atoms with Crippen LogP contribution in [0.1, 0.15) is 16.2 Å². The summed E-state index contributed by atoms with van der Waals surface area (Å²) in [4.78, 5) is 11.5. The SMILES string of the molecule is CSCCNC(=O)c1cc(C)n(C)n1. The third-order valence-electron chi connectivity index (χ3n) is 1.94.